The standard InChI is InChI=1S/C11H8N4O2S/c16-10(9-4-18-5-12-9)13-6-1-2-7-8(3-6)15-11(17)14-7/h1-5H,(H,13,16)(H2,14,15,17). The molecule has 3 rings (SSSR count). The molecule has 7 heteroatoms. The van der Waals surface area contributed by atoms with Gasteiger partial charge in [0, 0.05) is 11.1 Å². The molecule has 0 radical (unpaired) electrons. The Morgan fingerprint density at radius 2 is 2.11 bits per heavy atom. The molecule has 0 fully saturated rings. The molecule has 0 bridgehead atoms. The van der Waals surface area contributed by atoms with Gasteiger partial charge in [-0.1, -0.05) is 0 Å². The largest absolute Gasteiger partial charge is 0.323 e. The topological polar surface area (TPSA) is 90.6 Å². The number of hydrogen-bond acceptors (Lipinski definition) is 4. The number of amides is 1. The zero-order valence-corrected chi connectivity index (χ0v) is 9.88. The van der Waals surface area contributed by atoms with E-state index in [0.29, 0.717) is 22.4 Å². The number of H-pyrrole nitrogens is 2. The summed E-state index contributed by atoms with van der Waals surface area (Å²) in [6, 6.07) is 5.14. The summed E-state index contributed by atoms with van der Waals surface area (Å²) < 4.78 is 0. The van der Waals surface area contributed by atoms with Gasteiger partial charge in [-0.25, -0.2) is 9.78 Å². The lowest BCUT2D eigenvalue weighted by Crippen LogP contribution is -2.11. The van der Waals surface area contributed by atoms with Gasteiger partial charge in [-0.05, 0) is 18.2 Å². The van der Waals surface area contributed by atoms with Gasteiger partial charge < -0.3 is 15.3 Å². The number of nitrogens with one attached hydrogen (secondary N) is 3. The Hall–Kier alpha value is -2.41. The molecule has 0 spiro atoms. The van der Waals surface area contributed by atoms with Crippen LogP contribution in [0.15, 0.2) is 33.9 Å². The van der Waals surface area contributed by atoms with Crippen LogP contribution in [-0.2, 0) is 0 Å². The van der Waals surface area contributed by atoms with Crippen LogP contribution in [0.2, 0.25) is 0 Å². The fourth-order valence-electron chi connectivity index (χ4n) is 1.63. The fourth-order valence-corrected chi connectivity index (χ4v) is 2.16. The van der Waals surface area contributed by atoms with Gasteiger partial charge in [0.25, 0.3) is 5.91 Å². The molecular formula is C11H8N4O2S. The second-order valence-corrected chi connectivity index (χ2v) is 4.39. The van der Waals surface area contributed by atoms with Gasteiger partial charge in [0.15, 0.2) is 0 Å². The summed E-state index contributed by atoms with van der Waals surface area (Å²) in [5.41, 5.74) is 3.66. The normalized spacial score (nSPS) is 10.7. The number of thiazole rings is 1. The van der Waals surface area contributed by atoms with Crippen LogP contribution in [-0.4, -0.2) is 20.9 Å². The third kappa shape index (κ3) is 1.91. The van der Waals surface area contributed by atoms with E-state index in [-0.39, 0.29) is 11.6 Å². The van der Waals surface area contributed by atoms with Gasteiger partial charge >= 0.3 is 5.69 Å². The summed E-state index contributed by atoms with van der Waals surface area (Å²) >= 11 is 1.36. The molecule has 2 aromatic heterocycles. The summed E-state index contributed by atoms with van der Waals surface area (Å²) in [7, 11) is 0. The van der Waals surface area contributed by atoms with Crippen molar-refractivity contribution in [2.24, 2.45) is 0 Å². The number of anilines is 1. The lowest BCUT2D eigenvalue weighted by Gasteiger charge is -2.02. The minimum Gasteiger partial charge on any atom is -0.321 e. The molecule has 0 aliphatic carbocycles. The summed E-state index contributed by atoms with van der Waals surface area (Å²) in [4.78, 5) is 32.1. The molecule has 18 heavy (non-hydrogen) atoms. The van der Waals surface area contributed by atoms with Crippen LogP contribution in [0.5, 0.6) is 0 Å². The minimum absolute atomic E-state index is 0.270. The molecule has 3 aromatic rings. The molecular weight excluding hydrogens is 252 g/mol. The highest BCUT2D eigenvalue weighted by Crippen LogP contribution is 2.15. The first-order valence-corrected chi connectivity index (χ1v) is 6.08. The second kappa shape index (κ2) is 4.11. The van der Waals surface area contributed by atoms with E-state index in [1.54, 1.807) is 29.1 Å². The number of aromatic amines is 2. The number of fused-ring (bicyclic) bond motifs is 1. The Balaban J connectivity index is 1.91. The van der Waals surface area contributed by atoms with Crippen LogP contribution >= 0.6 is 11.3 Å². The van der Waals surface area contributed by atoms with Crippen LogP contribution in [0.1, 0.15) is 10.5 Å². The van der Waals surface area contributed by atoms with Crippen LogP contribution in [0.3, 0.4) is 0 Å². The number of nitrogens with zero attached hydrogens (tertiary/aromatic N) is 1. The van der Waals surface area contributed by atoms with Gasteiger partial charge in [-0.2, -0.15) is 0 Å². The number of carbonyl (C=O) groups excluding carboxylic acids is 1. The SMILES string of the molecule is O=C(Nc1ccc2[nH]c(=O)[nH]c2c1)c1cscn1. The van der Waals surface area contributed by atoms with E-state index in [0.717, 1.165) is 0 Å². The molecule has 1 aromatic carbocycles. The molecule has 0 atom stereocenters. The number of rotatable bonds is 2. The van der Waals surface area contributed by atoms with Crippen LogP contribution in [0.25, 0.3) is 11.0 Å². The van der Waals surface area contributed by atoms with Crippen LogP contribution in [0, 0.1) is 0 Å². The Morgan fingerprint density at radius 3 is 2.89 bits per heavy atom. The van der Waals surface area contributed by atoms with E-state index in [1.807, 2.05) is 0 Å². The van der Waals surface area contributed by atoms with Gasteiger partial charge in [0.2, 0.25) is 0 Å². The lowest BCUT2D eigenvalue weighted by atomic mass is 10.2. The first kappa shape index (κ1) is 10.7. The van der Waals surface area contributed by atoms with Crippen molar-refractivity contribution in [3.8, 4) is 0 Å². The minimum atomic E-state index is -0.270. The fraction of sp³-hybridized carbons (Fsp3) is 0. The maximum Gasteiger partial charge on any atom is 0.323 e. The predicted octanol–water partition coefficient (Wildman–Crippen LogP) is 1.56. The smallest absolute Gasteiger partial charge is 0.321 e. The van der Waals surface area contributed by atoms with Gasteiger partial charge in [-0.3, -0.25) is 4.79 Å². The number of benzene rings is 1. The van der Waals surface area contributed by atoms with E-state index < -0.39 is 0 Å². The summed E-state index contributed by atoms with van der Waals surface area (Å²) in [5.74, 6) is -0.270. The number of carbonyl (C=O) groups is 1. The van der Waals surface area contributed by atoms with Gasteiger partial charge in [0.05, 0.1) is 16.5 Å². The summed E-state index contributed by atoms with van der Waals surface area (Å²) in [6.07, 6.45) is 0. The lowest BCUT2D eigenvalue weighted by molar-refractivity contribution is 0.102. The second-order valence-electron chi connectivity index (χ2n) is 3.67. The average Bonchev–Trinajstić information content (AvgIpc) is 2.95. The number of hydrogen-bond donors (Lipinski definition) is 3. The van der Waals surface area contributed by atoms with E-state index in [4.69, 9.17) is 0 Å². The maximum absolute atomic E-state index is 11.8. The average molecular weight is 260 g/mol. The summed E-state index contributed by atoms with van der Waals surface area (Å²) in [5, 5.41) is 4.39. The molecule has 90 valence electrons. The molecule has 0 saturated heterocycles. The zero-order valence-electron chi connectivity index (χ0n) is 9.06. The van der Waals surface area contributed by atoms with Crippen molar-refractivity contribution in [3.63, 3.8) is 0 Å². The van der Waals surface area contributed by atoms with Crippen LogP contribution < -0.4 is 11.0 Å². The number of imidazole rings is 1. The first-order valence-electron chi connectivity index (χ1n) is 5.14. The molecule has 0 aliphatic heterocycles. The molecule has 0 saturated carbocycles. The van der Waals surface area contributed by atoms with Crippen molar-refractivity contribution in [2.75, 3.05) is 5.32 Å². The monoisotopic (exact) mass is 260 g/mol. The highest BCUT2D eigenvalue weighted by Gasteiger charge is 2.08. The van der Waals surface area contributed by atoms with Crippen molar-refractivity contribution < 1.29 is 4.79 Å². The maximum atomic E-state index is 11.8. The Kier molecular flexibility index (Phi) is 2.45. The molecule has 6 nitrogen and oxygen atoms in total. The third-order valence-corrected chi connectivity index (χ3v) is 3.03. The van der Waals surface area contributed by atoms with E-state index in [1.165, 1.54) is 11.3 Å². The predicted molar refractivity (Wildman–Crippen MR) is 69.0 cm³/mol. The quantitative estimate of drug-likeness (QED) is 0.653. The van der Waals surface area contributed by atoms with Crippen molar-refractivity contribution in [3.05, 3.63) is 45.3 Å². The summed E-state index contributed by atoms with van der Waals surface area (Å²) in [6.45, 7) is 0. The molecule has 2 heterocycles. The third-order valence-electron chi connectivity index (χ3n) is 2.44. The highest BCUT2D eigenvalue weighted by atomic mass is 32.1. The Bertz CT molecular complexity index is 757. The van der Waals surface area contributed by atoms with E-state index in [2.05, 4.69) is 20.3 Å². The molecule has 1 amide bonds. The van der Waals surface area contributed by atoms with Crippen LogP contribution in [0.4, 0.5) is 5.69 Å². The highest BCUT2D eigenvalue weighted by molar-refractivity contribution is 7.07. The van der Waals surface area contributed by atoms with Gasteiger partial charge in [-0.15, -0.1) is 11.3 Å². The van der Waals surface area contributed by atoms with Crippen molar-refractivity contribution >= 4 is 34.0 Å². The first-order chi connectivity index (χ1) is 8.72. The number of aromatic nitrogens is 3. The molecule has 3 N–H and O–H groups in total. The molecule has 0 aliphatic rings. The Morgan fingerprint density at radius 1 is 1.28 bits per heavy atom. The van der Waals surface area contributed by atoms with Crippen molar-refractivity contribution in [1.29, 1.82) is 0 Å². The Labute approximate surface area is 105 Å². The van der Waals surface area contributed by atoms with Crippen molar-refractivity contribution in [1.82, 2.24) is 15.0 Å². The van der Waals surface area contributed by atoms with Gasteiger partial charge in [0.1, 0.15) is 5.69 Å². The van der Waals surface area contributed by atoms with E-state index >= 15 is 0 Å². The zero-order chi connectivity index (χ0) is 12.5. The molecule has 0 unspecified atom stereocenters. The van der Waals surface area contributed by atoms with E-state index in [9.17, 15) is 9.59 Å². The van der Waals surface area contributed by atoms with Crippen molar-refractivity contribution in [2.45, 2.75) is 0 Å².